The minimum Gasteiger partial charge on any atom is -0.469 e. The number of aldehydes is 1. The van der Waals surface area contributed by atoms with Gasteiger partial charge >= 0.3 is 17.9 Å². The third kappa shape index (κ3) is 27.5. The second-order valence-corrected chi connectivity index (χ2v) is 12.5. The van der Waals surface area contributed by atoms with Crippen LogP contribution in [0.2, 0.25) is 0 Å². The van der Waals surface area contributed by atoms with E-state index in [4.69, 9.17) is 5.11 Å². The number of aromatic nitrogens is 10. The summed E-state index contributed by atoms with van der Waals surface area (Å²) in [5.41, 5.74) is 3.69. The van der Waals surface area contributed by atoms with Gasteiger partial charge in [-0.2, -0.15) is 25.5 Å². The average Bonchev–Trinajstić information content (AvgIpc) is 4.07. The van der Waals surface area contributed by atoms with Crippen LogP contribution in [0.3, 0.4) is 0 Å². The maximum absolute atomic E-state index is 10.7. The number of aliphatic hydroxyl groups is 1. The van der Waals surface area contributed by atoms with Gasteiger partial charge in [-0.05, 0) is 78.3 Å². The number of hydrogen-bond acceptors (Lipinski definition) is 13. The van der Waals surface area contributed by atoms with E-state index in [0.29, 0.717) is 19.3 Å². The predicted octanol–water partition coefficient (Wildman–Crippen LogP) is 3.64. The third-order valence-corrected chi connectivity index (χ3v) is 7.18. The van der Waals surface area contributed by atoms with Crippen molar-refractivity contribution in [2.24, 2.45) is 35.2 Å². The molecule has 0 atom stereocenters. The number of hydrogen-bond donors (Lipinski definition) is 1. The fourth-order valence-corrected chi connectivity index (χ4v) is 4.30. The van der Waals surface area contributed by atoms with Crippen LogP contribution in [0, 0.1) is 3.70 Å². The summed E-state index contributed by atoms with van der Waals surface area (Å²) in [7, 11) is 13.4. The fraction of sp³-hybridized carbons (Fsp3) is 0.395. The molecule has 0 saturated carbocycles. The van der Waals surface area contributed by atoms with Crippen molar-refractivity contribution in [2.45, 2.75) is 38.5 Å². The van der Waals surface area contributed by atoms with Gasteiger partial charge in [-0.1, -0.05) is 6.58 Å². The summed E-state index contributed by atoms with van der Waals surface area (Å²) in [6.45, 7) is 3.40. The number of carbonyl (C=O) groups is 4. The Hall–Kier alpha value is -5.70. The van der Waals surface area contributed by atoms with E-state index >= 15 is 0 Å². The van der Waals surface area contributed by atoms with Gasteiger partial charge in [0.1, 0.15) is 9.99 Å². The standard InChI is InChI=1S/C8H12N2O2.C8H10N2O2.C7H12N2O.C7H10N2O.C4H5IN2.C4H6O2.H2/c2*1-10-6-5-7(9-10)3-4-8(11)12-2;2*1-9-5-4-7(8-9)3-2-6-10;1-7-3-2-4(5)6-7;1-3-4(5)6-2;/h5-6H,3-4H2,1-2H3;3-6H,1-2H3;4-5,10H,2-3,6H2,1H3;4-6H,2-3H2,1H3;2-3H,1H3;3H,1H2,2H3;1H/b;4-3+;;;;;. The van der Waals surface area contributed by atoms with Gasteiger partial charge in [0.2, 0.25) is 0 Å². The maximum Gasteiger partial charge on any atom is 0.330 e. The number of nitrogens with zero attached hydrogens (tertiary/aromatic N) is 10. The molecule has 0 aliphatic heterocycles. The van der Waals surface area contributed by atoms with Gasteiger partial charge in [-0.15, -0.1) is 0 Å². The Kier molecular flexibility index (Phi) is 28.3. The molecule has 0 fully saturated rings. The molecule has 5 heterocycles. The highest BCUT2D eigenvalue weighted by Crippen LogP contribution is 2.00. The van der Waals surface area contributed by atoms with Crippen LogP contribution in [0.1, 0.15) is 43.5 Å². The summed E-state index contributed by atoms with van der Waals surface area (Å²) in [6.07, 6.45) is 18.4. The second kappa shape index (κ2) is 31.5. The van der Waals surface area contributed by atoms with E-state index in [1.54, 1.807) is 41.7 Å². The van der Waals surface area contributed by atoms with E-state index in [0.717, 1.165) is 58.1 Å². The van der Waals surface area contributed by atoms with E-state index in [2.05, 4.69) is 68.9 Å². The van der Waals surface area contributed by atoms with Crippen molar-refractivity contribution in [3.05, 3.63) is 107 Å². The maximum atomic E-state index is 10.7. The molecule has 5 aromatic rings. The van der Waals surface area contributed by atoms with Gasteiger partial charge in [0, 0.05) is 99.2 Å². The zero-order chi connectivity index (χ0) is 43.0. The first-order valence-corrected chi connectivity index (χ1v) is 18.5. The molecule has 0 unspecified atom stereocenters. The van der Waals surface area contributed by atoms with Gasteiger partial charge in [0.25, 0.3) is 0 Å². The summed E-state index contributed by atoms with van der Waals surface area (Å²) < 4.78 is 22.8. The third-order valence-electron chi connectivity index (χ3n) is 6.60. The zero-order valence-electron chi connectivity index (χ0n) is 33.9. The van der Waals surface area contributed by atoms with Crippen LogP contribution in [-0.4, -0.2) is 106 Å². The smallest absolute Gasteiger partial charge is 0.330 e. The highest BCUT2D eigenvalue weighted by Gasteiger charge is 2.02. The SMILES string of the molecule is C=CC(=O)OC.COC(=O)/C=C/c1ccn(C)n1.COC(=O)CCc1ccn(C)n1.Cn1ccc(CCC=O)n1.Cn1ccc(CCCO)n1.Cn1ccc(I)n1.[HH]. The van der Waals surface area contributed by atoms with Crippen LogP contribution in [0.4, 0.5) is 0 Å². The number of aryl methyl sites for hydroxylation is 8. The lowest BCUT2D eigenvalue weighted by atomic mass is 10.2. The number of halogens is 1. The molecule has 0 saturated heterocycles. The molecule has 0 bridgehead atoms. The lowest BCUT2D eigenvalue weighted by Crippen LogP contribution is -2.02. The fourth-order valence-electron chi connectivity index (χ4n) is 3.80. The predicted molar refractivity (Wildman–Crippen MR) is 224 cm³/mol. The Balaban J connectivity index is 0. The molecule has 0 amide bonds. The van der Waals surface area contributed by atoms with Gasteiger partial charge in [0.05, 0.1) is 50.5 Å². The minimum absolute atomic E-state index is 0. The van der Waals surface area contributed by atoms with Gasteiger partial charge < -0.3 is 24.1 Å². The summed E-state index contributed by atoms with van der Waals surface area (Å²) in [6, 6.07) is 9.54. The second-order valence-electron chi connectivity index (χ2n) is 11.4. The first-order chi connectivity index (χ1) is 27.2. The Morgan fingerprint density at radius 1 is 0.702 bits per heavy atom. The number of aliphatic hydroxyl groups excluding tert-OH is 1. The Morgan fingerprint density at radius 3 is 1.51 bits per heavy atom. The number of carbonyl (C=O) groups excluding carboxylic acids is 4. The molecule has 19 heteroatoms. The molecular formula is C38H57IN10O8. The van der Waals surface area contributed by atoms with Crippen molar-refractivity contribution < 1.29 is 39.9 Å². The first-order valence-electron chi connectivity index (χ1n) is 17.4. The number of esters is 3. The molecule has 57 heavy (non-hydrogen) atoms. The van der Waals surface area contributed by atoms with Crippen molar-refractivity contribution >= 4 is 52.9 Å². The van der Waals surface area contributed by atoms with Gasteiger partial charge in [-0.3, -0.25) is 28.2 Å². The molecule has 5 aromatic heterocycles. The van der Waals surface area contributed by atoms with E-state index < -0.39 is 5.97 Å². The largest absolute Gasteiger partial charge is 0.469 e. The quantitative estimate of drug-likeness (QED) is 0.0625. The number of ether oxygens (including phenoxy) is 3. The van der Waals surface area contributed by atoms with Crippen molar-refractivity contribution in [2.75, 3.05) is 27.9 Å². The molecule has 18 nitrogen and oxygen atoms in total. The monoisotopic (exact) mass is 908 g/mol. The first kappa shape index (κ1) is 51.3. The van der Waals surface area contributed by atoms with Crippen LogP contribution in [0.25, 0.3) is 6.08 Å². The normalized spacial score (nSPS) is 9.65. The Morgan fingerprint density at radius 2 is 1.18 bits per heavy atom. The van der Waals surface area contributed by atoms with Gasteiger partial charge in [-0.25, -0.2) is 9.59 Å². The highest BCUT2D eigenvalue weighted by atomic mass is 127. The number of rotatable bonds is 12. The molecule has 0 radical (unpaired) electrons. The van der Waals surface area contributed by atoms with Crippen molar-refractivity contribution in [1.82, 2.24) is 48.9 Å². The zero-order valence-corrected chi connectivity index (χ0v) is 36.1. The highest BCUT2D eigenvalue weighted by molar-refractivity contribution is 14.1. The average molecular weight is 909 g/mol. The molecular weight excluding hydrogens is 851 g/mol. The minimum atomic E-state index is -0.394. The Labute approximate surface area is 348 Å². The van der Waals surface area contributed by atoms with Crippen LogP contribution < -0.4 is 0 Å². The van der Waals surface area contributed by atoms with Crippen LogP contribution >= 0.6 is 22.6 Å². The van der Waals surface area contributed by atoms with Crippen molar-refractivity contribution in [1.29, 1.82) is 0 Å². The molecule has 1 N–H and O–H groups in total. The van der Waals surface area contributed by atoms with E-state index in [1.165, 1.54) is 27.4 Å². The molecule has 314 valence electrons. The van der Waals surface area contributed by atoms with E-state index in [1.807, 2.05) is 84.3 Å². The summed E-state index contributed by atoms with van der Waals surface area (Å²) in [4.78, 5) is 41.2. The summed E-state index contributed by atoms with van der Waals surface area (Å²) >= 11 is 2.17. The van der Waals surface area contributed by atoms with Crippen molar-refractivity contribution in [3.63, 3.8) is 0 Å². The van der Waals surface area contributed by atoms with Crippen LogP contribution in [0.15, 0.2) is 80.0 Å². The molecule has 0 aromatic carbocycles. The van der Waals surface area contributed by atoms with Gasteiger partial charge in [0.15, 0.2) is 0 Å². The summed E-state index contributed by atoms with van der Waals surface area (Å²) in [5, 5.41) is 28.9. The number of methoxy groups -OCH3 is 3. The lowest BCUT2D eigenvalue weighted by Gasteiger charge is -1.95. The molecule has 5 rings (SSSR count). The molecule has 0 aliphatic carbocycles. The van der Waals surface area contributed by atoms with Crippen molar-refractivity contribution in [3.8, 4) is 0 Å². The molecule has 0 aliphatic rings. The lowest BCUT2D eigenvalue weighted by molar-refractivity contribution is -0.140. The Bertz CT molecular complexity index is 1880. The summed E-state index contributed by atoms with van der Waals surface area (Å²) in [5.74, 6) is -0.962. The van der Waals surface area contributed by atoms with E-state index in [9.17, 15) is 19.2 Å². The topological polar surface area (TPSA) is 205 Å². The van der Waals surface area contributed by atoms with Crippen LogP contribution in [-0.2, 0) is 87.9 Å². The molecule has 0 spiro atoms. The van der Waals surface area contributed by atoms with E-state index in [-0.39, 0.29) is 20.0 Å². The van der Waals surface area contributed by atoms with Crippen LogP contribution in [0.5, 0.6) is 0 Å².